The highest BCUT2D eigenvalue weighted by Crippen LogP contribution is 2.29. The first-order valence-corrected chi connectivity index (χ1v) is 7.95. The molecule has 0 spiro atoms. The lowest BCUT2D eigenvalue weighted by atomic mass is 10.0. The van der Waals surface area contributed by atoms with Crippen LogP contribution in [0.4, 0.5) is 0 Å². The van der Waals surface area contributed by atoms with Gasteiger partial charge in [0.25, 0.3) is 5.56 Å². The number of rotatable bonds is 2. The number of carbonyl (C=O) groups excluding carboxylic acids is 1. The van der Waals surface area contributed by atoms with Crippen LogP contribution >= 0.6 is 8.58 Å². The summed E-state index contributed by atoms with van der Waals surface area (Å²) >= 11 is 0. The van der Waals surface area contributed by atoms with Crippen LogP contribution in [0.2, 0.25) is 0 Å². The van der Waals surface area contributed by atoms with Gasteiger partial charge < -0.3 is 4.98 Å². The molecule has 0 amide bonds. The molecule has 0 radical (unpaired) electrons. The SMILES string of the molecule is CCc1c(-c2ccc(C)cc2)[nH]c(=O)c2c1PCC2=O. The van der Waals surface area contributed by atoms with Gasteiger partial charge in [-0.05, 0) is 29.8 Å². The topological polar surface area (TPSA) is 49.9 Å². The molecule has 2 aromatic rings. The van der Waals surface area contributed by atoms with Crippen molar-refractivity contribution in [1.29, 1.82) is 0 Å². The minimum atomic E-state index is -0.234. The Balaban J connectivity index is 2.27. The van der Waals surface area contributed by atoms with Gasteiger partial charge in [-0.1, -0.05) is 45.3 Å². The van der Waals surface area contributed by atoms with Gasteiger partial charge >= 0.3 is 0 Å². The zero-order valence-corrected chi connectivity index (χ0v) is 12.5. The first-order chi connectivity index (χ1) is 9.61. The van der Waals surface area contributed by atoms with Crippen molar-refractivity contribution >= 4 is 19.7 Å². The monoisotopic (exact) mass is 285 g/mol. The molecule has 0 saturated heterocycles. The van der Waals surface area contributed by atoms with Crippen molar-refractivity contribution in [3.8, 4) is 11.3 Å². The van der Waals surface area contributed by atoms with Gasteiger partial charge in [-0.15, -0.1) is 0 Å². The normalized spacial score (nSPS) is 14.8. The second-order valence-corrected chi connectivity index (χ2v) is 6.26. The lowest BCUT2D eigenvalue weighted by Crippen LogP contribution is -2.25. The third kappa shape index (κ3) is 2.03. The van der Waals surface area contributed by atoms with Gasteiger partial charge in [0, 0.05) is 6.16 Å². The molecule has 0 fully saturated rings. The van der Waals surface area contributed by atoms with Gasteiger partial charge in [-0.25, -0.2) is 0 Å². The predicted octanol–water partition coefficient (Wildman–Crippen LogP) is 2.41. The number of ketones is 1. The fourth-order valence-electron chi connectivity index (χ4n) is 2.68. The van der Waals surface area contributed by atoms with Crippen LogP contribution in [0, 0.1) is 6.92 Å². The van der Waals surface area contributed by atoms with Crippen LogP contribution in [-0.2, 0) is 6.42 Å². The van der Waals surface area contributed by atoms with Gasteiger partial charge in [-0.3, -0.25) is 9.59 Å². The van der Waals surface area contributed by atoms with E-state index in [1.807, 2.05) is 31.2 Å². The standard InChI is InChI=1S/C16H16NO2P/c1-3-11-14(10-6-4-9(2)5-7-10)17-16(19)13-12(18)8-20-15(11)13/h4-7,20H,3,8H2,1-2H3,(H,17,19). The summed E-state index contributed by atoms with van der Waals surface area (Å²) in [5.74, 6) is -0.00950. The lowest BCUT2D eigenvalue weighted by Gasteiger charge is -2.12. The number of benzene rings is 1. The number of carbonyl (C=O) groups is 1. The smallest absolute Gasteiger partial charge is 0.259 e. The number of hydrogen-bond donors (Lipinski definition) is 1. The van der Waals surface area contributed by atoms with Crippen molar-refractivity contribution in [3.05, 3.63) is 51.3 Å². The van der Waals surface area contributed by atoms with E-state index in [9.17, 15) is 9.59 Å². The Bertz CT molecular complexity index is 744. The first kappa shape index (κ1) is 13.3. The summed E-state index contributed by atoms with van der Waals surface area (Å²) < 4.78 is 0. The summed E-state index contributed by atoms with van der Waals surface area (Å²) in [5.41, 5.74) is 4.36. The Kier molecular flexibility index (Phi) is 3.31. The van der Waals surface area contributed by atoms with Crippen LogP contribution in [-0.4, -0.2) is 16.9 Å². The van der Waals surface area contributed by atoms with Crippen LogP contribution in [0.25, 0.3) is 11.3 Å². The third-order valence-electron chi connectivity index (χ3n) is 3.72. The molecule has 2 heterocycles. The summed E-state index contributed by atoms with van der Waals surface area (Å²) in [6.45, 7) is 4.11. The van der Waals surface area contributed by atoms with E-state index in [1.165, 1.54) is 5.56 Å². The maximum absolute atomic E-state index is 12.2. The minimum absolute atomic E-state index is 0.00950. The van der Waals surface area contributed by atoms with Crippen LogP contribution in [0.3, 0.4) is 0 Å². The number of pyridine rings is 1. The number of fused-ring (bicyclic) bond motifs is 1. The maximum atomic E-state index is 12.2. The van der Waals surface area contributed by atoms with Crippen molar-refractivity contribution < 1.29 is 4.79 Å². The van der Waals surface area contributed by atoms with Gasteiger partial charge in [0.05, 0.1) is 11.3 Å². The summed E-state index contributed by atoms with van der Waals surface area (Å²) in [7, 11) is 0.431. The average Bonchev–Trinajstić information content (AvgIpc) is 2.82. The van der Waals surface area contributed by atoms with E-state index in [0.717, 1.165) is 28.5 Å². The molecule has 0 aliphatic carbocycles. The number of H-pyrrole nitrogens is 1. The molecule has 4 heteroatoms. The molecular weight excluding hydrogens is 269 g/mol. The quantitative estimate of drug-likeness (QED) is 0.861. The van der Waals surface area contributed by atoms with Gasteiger partial charge in [0.2, 0.25) is 0 Å². The predicted molar refractivity (Wildman–Crippen MR) is 83.8 cm³/mol. The molecule has 1 N–H and O–H groups in total. The highest BCUT2D eigenvalue weighted by Gasteiger charge is 2.27. The molecule has 102 valence electrons. The molecular formula is C16H16NO2P. The van der Waals surface area contributed by atoms with E-state index >= 15 is 0 Å². The van der Waals surface area contributed by atoms with Crippen LogP contribution in [0.5, 0.6) is 0 Å². The summed E-state index contributed by atoms with van der Waals surface area (Å²) in [6, 6.07) is 8.11. The Hall–Kier alpha value is -1.73. The van der Waals surface area contributed by atoms with E-state index in [0.29, 0.717) is 20.3 Å². The molecule has 1 atom stereocenters. The molecule has 1 aromatic heterocycles. The van der Waals surface area contributed by atoms with Crippen molar-refractivity contribution in [2.24, 2.45) is 0 Å². The lowest BCUT2D eigenvalue weighted by molar-refractivity contribution is 0.102. The van der Waals surface area contributed by atoms with Crippen LogP contribution in [0.15, 0.2) is 29.1 Å². The number of aryl methyl sites for hydroxylation is 1. The second-order valence-electron chi connectivity index (χ2n) is 5.05. The molecule has 3 rings (SSSR count). The average molecular weight is 285 g/mol. The Morgan fingerprint density at radius 3 is 2.55 bits per heavy atom. The Labute approximate surface area is 119 Å². The third-order valence-corrected chi connectivity index (χ3v) is 5.12. The molecule has 3 nitrogen and oxygen atoms in total. The van der Waals surface area contributed by atoms with Gasteiger partial charge in [0.15, 0.2) is 5.78 Å². The van der Waals surface area contributed by atoms with E-state index in [-0.39, 0.29) is 11.3 Å². The summed E-state index contributed by atoms with van der Waals surface area (Å²) in [6.07, 6.45) is 1.31. The van der Waals surface area contributed by atoms with Gasteiger partial charge in [-0.2, -0.15) is 0 Å². The highest BCUT2D eigenvalue weighted by atomic mass is 31.1. The van der Waals surface area contributed by atoms with E-state index in [4.69, 9.17) is 0 Å². The van der Waals surface area contributed by atoms with Crippen molar-refractivity contribution in [2.45, 2.75) is 20.3 Å². The molecule has 0 bridgehead atoms. The van der Waals surface area contributed by atoms with E-state index in [1.54, 1.807) is 0 Å². The van der Waals surface area contributed by atoms with Crippen LogP contribution in [0.1, 0.15) is 28.4 Å². The fourth-order valence-corrected chi connectivity index (χ4v) is 4.14. The maximum Gasteiger partial charge on any atom is 0.259 e. The number of aromatic nitrogens is 1. The number of aromatic amines is 1. The zero-order valence-electron chi connectivity index (χ0n) is 11.5. The number of Topliss-reactive ketones (excluding diaryl/α,β-unsaturated/α-hetero) is 1. The zero-order chi connectivity index (χ0) is 14.3. The number of hydrogen-bond acceptors (Lipinski definition) is 2. The van der Waals surface area contributed by atoms with Crippen molar-refractivity contribution in [3.63, 3.8) is 0 Å². The van der Waals surface area contributed by atoms with Crippen molar-refractivity contribution in [1.82, 2.24) is 4.98 Å². The highest BCUT2D eigenvalue weighted by molar-refractivity contribution is 7.50. The first-order valence-electron chi connectivity index (χ1n) is 6.75. The molecule has 0 saturated carbocycles. The Morgan fingerprint density at radius 1 is 1.20 bits per heavy atom. The molecule has 1 unspecified atom stereocenters. The summed E-state index contributed by atoms with van der Waals surface area (Å²) in [4.78, 5) is 26.9. The molecule has 20 heavy (non-hydrogen) atoms. The van der Waals surface area contributed by atoms with E-state index < -0.39 is 0 Å². The fraction of sp³-hybridized carbons (Fsp3) is 0.250. The number of nitrogens with one attached hydrogen (secondary N) is 1. The van der Waals surface area contributed by atoms with E-state index in [2.05, 4.69) is 11.9 Å². The van der Waals surface area contributed by atoms with Crippen molar-refractivity contribution in [2.75, 3.05) is 6.16 Å². The van der Waals surface area contributed by atoms with Crippen LogP contribution < -0.4 is 10.9 Å². The molecule has 1 aromatic carbocycles. The van der Waals surface area contributed by atoms with Gasteiger partial charge in [0.1, 0.15) is 0 Å². The Morgan fingerprint density at radius 2 is 1.90 bits per heavy atom. The molecule has 1 aliphatic heterocycles. The second kappa shape index (κ2) is 4.99. The molecule has 1 aliphatic rings. The largest absolute Gasteiger partial charge is 0.321 e. The minimum Gasteiger partial charge on any atom is -0.321 e. The summed E-state index contributed by atoms with van der Waals surface area (Å²) in [5, 5.41) is 0.983.